The molecule has 2 heterocycles. The summed E-state index contributed by atoms with van der Waals surface area (Å²) in [6.07, 6.45) is 2.71. The number of carbonyl (C=O) groups is 1. The Morgan fingerprint density at radius 1 is 1.53 bits per heavy atom. The van der Waals surface area contributed by atoms with Crippen molar-refractivity contribution in [3.63, 3.8) is 0 Å². The smallest absolute Gasteiger partial charge is 0.410 e. The molecule has 0 aromatic heterocycles. The van der Waals surface area contributed by atoms with Crippen LogP contribution in [0.25, 0.3) is 0 Å². The number of carbonyl (C=O) groups excluding carboxylic acids is 1. The molecule has 5 nitrogen and oxygen atoms in total. The molecule has 2 atom stereocenters. The first-order chi connectivity index (χ1) is 8.85. The van der Waals surface area contributed by atoms with E-state index in [4.69, 9.17) is 9.57 Å². The van der Waals surface area contributed by atoms with Crippen LogP contribution in [-0.4, -0.2) is 40.4 Å². The number of hydrogen-bond donors (Lipinski definition) is 0. The highest BCUT2D eigenvalue weighted by Crippen LogP contribution is 2.29. The Morgan fingerprint density at radius 3 is 2.84 bits per heavy atom. The lowest BCUT2D eigenvalue weighted by atomic mass is 9.91. The zero-order valence-corrected chi connectivity index (χ0v) is 13.3. The van der Waals surface area contributed by atoms with Crippen LogP contribution in [0.3, 0.4) is 0 Å². The standard InChI is InChI=1S/C13H21BrN2O3/c1-13(2,3)18-12(17)16-6-4-5-9(8-16)10-7-11(14)15-19-10/h9-10H,4-8H2,1-3H3. The molecular formula is C13H21BrN2O3. The fourth-order valence-corrected chi connectivity index (χ4v) is 2.83. The van der Waals surface area contributed by atoms with Crippen molar-refractivity contribution < 1.29 is 14.4 Å². The van der Waals surface area contributed by atoms with E-state index < -0.39 is 5.60 Å². The maximum absolute atomic E-state index is 12.1. The van der Waals surface area contributed by atoms with Crippen LogP contribution in [0.5, 0.6) is 0 Å². The van der Waals surface area contributed by atoms with Gasteiger partial charge in [0, 0.05) is 25.4 Å². The molecule has 0 aromatic carbocycles. The highest BCUT2D eigenvalue weighted by Gasteiger charge is 2.35. The first-order valence-corrected chi connectivity index (χ1v) is 7.50. The second-order valence-electron chi connectivity index (χ2n) is 6.14. The molecule has 1 fully saturated rings. The lowest BCUT2D eigenvalue weighted by Crippen LogP contribution is -2.45. The van der Waals surface area contributed by atoms with Gasteiger partial charge in [-0.15, -0.1) is 0 Å². The number of halogens is 1. The number of ether oxygens (including phenoxy) is 1. The van der Waals surface area contributed by atoms with E-state index in [1.807, 2.05) is 20.8 Å². The minimum Gasteiger partial charge on any atom is -0.444 e. The molecule has 2 unspecified atom stereocenters. The Kier molecular flexibility index (Phi) is 4.38. The summed E-state index contributed by atoms with van der Waals surface area (Å²) in [5.74, 6) is 0.333. The summed E-state index contributed by atoms with van der Waals surface area (Å²) in [4.78, 5) is 19.2. The second kappa shape index (κ2) is 5.69. The fourth-order valence-electron chi connectivity index (χ4n) is 2.42. The van der Waals surface area contributed by atoms with Crippen molar-refractivity contribution in [3.8, 4) is 0 Å². The summed E-state index contributed by atoms with van der Waals surface area (Å²) in [6, 6.07) is 0. The predicted molar refractivity (Wildman–Crippen MR) is 76.4 cm³/mol. The lowest BCUT2D eigenvalue weighted by Gasteiger charge is -2.35. The Bertz CT molecular complexity index is 379. The Balaban J connectivity index is 1.88. The third kappa shape index (κ3) is 4.09. The van der Waals surface area contributed by atoms with E-state index in [0.29, 0.717) is 12.5 Å². The largest absolute Gasteiger partial charge is 0.444 e. The molecule has 0 aromatic rings. The van der Waals surface area contributed by atoms with Crippen LogP contribution in [0.15, 0.2) is 5.16 Å². The van der Waals surface area contributed by atoms with Crippen molar-refractivity contribution in [1.29, 1.82) is 0 Å². The van der Waals surface area contributed by atoms with Crippen LogP contribution in [-0.2, 0) is 9.57 Å². The number of amides is 1. The van der Waals surface area contributed by atoms with Crippen LogP contribution in [0.2, 0.25) is 0 Å². The summed E-state index contributed by atoms with van der Waals surface area (Å²) >= 11 is 3.35. The zero-order chi connectivity index (χ0) is 14.0. The van der Waals surface area contributed by atoms with Crippen molar-refractivity contribution in [2.75, 3.05) is 13.1 Å². The van der Waals surface area contributed by atoms with Gasteiger partial charge in [-0.1, -0.05) is 5.16 Å². The molecule has 0 bridgehead atoms. The molecule has 0 N–H and O–H groups in total. The molecule has 1 amide bonds. The SMILES string of the molecule is CC(C)(C)OC(=O)N1CCCC(C2CC(Br)=NO2)C1. The van der Waals surface area contributed by atoms with Gasteiger partial charge in [0.05, 0.1) is 0 Å². The monoisotopic (exact) mass is 332 g/mol. The van der Waals surface area contributed by atoms with E-state index >= 15 is 0 Å². The van der Waals surface area contributed by atoms with E-state index in [-0.39, 0.29) is 12.2 Å². The number of likely N-dealkylation sites (tertiary alicyclic amines) is 1. The summed E-state index contributed by atoms with van der Waals surface area (Å²) < 4.78 is 6.27. The fraction of sp³-hybridized carbons (Fsp3) is 0.846. The Hall–Kier alpha value is -0.780. The van der Waals surface area contributed by atoms with Gasteiger partial charge < -0.3 is 14.5 Å². The average molecular weight is 333 g/mol. The molecule has 0 radical (unpaired) electrons. The molecule has 1 saturated heterocycles. The maximum Gasteiger partial charge on any atom is 0.410 e. The minimum absolute atomic E-state index is 0.0830. The summed E-state index contributed by atoms with van der Waals surface area (Å²) in [7, 11) is 0. The number of hydrogen-bond acceptors (Lipinski definition) is 4. The molecule has 0 spiro atoms. The van der Waals surface area contributed by atoms with Crippen LogP contribution < -0.4 is 0 Å². The minimum atomic E-state index is -0.444. The molecule has 2 aliphatic rings. The summed E-state index contributed by atoms with van der Waals surface area (Å²) in [5, 5.41) is 3.92. The van der Waals surface area contributed by atoms with Crippen LogP contribution in [0, 0.1) is 5.92 Å². The quantitative estimate of drug-likeness (QED) is 0.741. The molecule has 6 heteroatoms. The molecule has 2 aliphatic heterocycles. The number of nitrogens with zero attached hydrogens (tertiary/aromatic N) is 2. The molecule has 0 aliphatic carbocycles. The van der Waals surface area contributed by atoms with Gasteiger partial charge in [-0.25, -0.2) is 4.79 Å². The van der Waals surface area contributed by atoms with Crippen molar-refractivity contribution in [3.05, 3.63) is 0 Å². The first kappa shape index (κ1) is 14.6. The van der Waals surface area contributed by atoms with Gasteiger partial charge in [0.2, 0.25) is 0 Å². The average Bonchev–Trinajstić information content (AvgIpc) is 2.74. The summed E-state index contributed by atoms with van der Waals surface area (Å²) in [5.41, 5.74) is -0.444. The highest BCUT2D eigenvalue weighted by molar-refractivity contribution is 9.18. The Morgan fingerprint density at radius 2 is 2.26 bits per heavy atom. The van der Waals surface area contributed by atoms with Crippen LogP contribution in [0.4, 0.5) is 4.79 Å². The van der Waals surface area contributed by atoms with E-state index in [2.05, 4.69) is 21.1 Å². The van der Waals surface area contributed by atoms with Gasteiger partial charge >= 0.3 is 6.09 Å². The van der Waals surface area contributed by atoms with Gasteiger partial charge in [0.25, 0.3) is 0 Å². The molecule has 2 rings (SSSR count). The van der Waals surface area contributed by atoms with Crippen molar-refractivity contribution in [2.24, 2.45) is 11.1 Å². The van der Waals surface area contributed by atoms with Gasteiger partial charge in [-0.3, -0.25) is 0 Å². The van der Waals surface area contributed by atoms with E-state index in [1.165, 1.54) is 0 Å². The summed E-state index contributed by atoms with van der Waals surface area (Å²) in [6.45, 7) is 7.11. The molecule has 108 valence electrons. The second-order valence-corrected chi connectivity index (χ2v) is 7.06. The van der Waals surface area contributed by atoms with Crippen molar-refractivity contribution in [2.45, 2.75) is 51.7 Å². The zero-order valence-electron chi connectivity index (χ0n) is 11.7. The van der Waals surface area contributed by atoms with E-state index in [9.17, 15) is 4.79 Å². The van der Waals surface area contributed by atoms with Gasteiger partial charge in [0.1, 0.15) is 16.3 Å². The molecular weight excluding hydrogens is 312 g/mol. The van der Waals surface area contributed by atoms with Crippen LogP contribution >= 0.6 is 15.9 Å². The number of oxime groups is 1. The van der Waals surface area contributed by atoms with Gasteiger partial charge in [-0.05, 0) is 49.5 Å². The third-order valence-electron chi connectivity index (χ3n) is 3.29. The molecule has 19 heavy (non-hydrogen) atoms. The lowest BCUT2D eigenvalue weighted by molar-refractivity contribution is -0.0108. The normalized spacial score (nSPS) is 27.8. The first-order valence-electron chi connectivity index (χ1n) is 6.71. The highest BCUT2D eigenvalue weighted by atomic mass is 79.9. The number of rotatable bonds is 1. The predicted octanol–water partition coefficient (Wildman–Crippen LogP) is 3.13. The van der Waals surface area contributed by atoms with Crippen molar-refractivity contribution in [1.82, 2.24) is 4.90 Å². The van der Waals surface area contributed by atoms with E-state index in [1.54, 1.807) is 4.90 Å². The van der Waals surface area contributed by atoms with Gasteiger partial charge in [0.15, 0.2) is 0 Å². The van der Waals surface area contributed by atoms with Gasteiger partial charge in [-0.2, -0.15) is 0 Å². The van der Waals surface area contributed by atoms with E-state index in [0.717, 1.165) is 30.4 Å². The van der Waals surface area contributed by atoms with Crippen LogP contribution in [0.1, 0.15) is 40.0 Å². The third-order valence-corrected chi connectivity index (χ3v) is 3.76. The maximum atomic E-state index is 12.1. The molecule has 0 saturated carbocycles. The number of piperidine rings is 1. The topological polar surface area (TPSA) is 51.1 Å². The van der Waals surface area contributed by atoms with Crippen molar-refractivity contribution >= 4 is 26.6 Å². The Labute approximate surface area is 122 Å².